The Labute approximate surface area is 85.2 Å². The third kappa shape index (κ3) is 4.41. The van der Waals surface area contributed by atoms with E-state index in [0.717, 1.165) is 5.56 Å². The highest BCUT2D eigenvalue weighted by atomic mass is 35.5. The minimum Gasteiger partial charge on any atom is -0.306 e. The molecule has 0 aliphatic heterocycles. The van der Waals surface area contributed by atoms with Crippen molar-refractivity contribution in [3.05, 3.63) is 35.9 Å². The predicted octanol–water partition coefficient (Wildman–Crippen LogP) is 2.06. The summed E-state index contributed by atoms with van der Waals surface area (Å²) in [6, 6.07) is 9.69. The van der Waals surface area contributed by atoms with E-state index in [4.69, 9.17) is 16.2 Å². The van der Waals surface area contributed by atoms with Gasteiger partial charge in [-0.1, -0.05) is 30.3 Å². The maximum absolute atomic E-state index is 10.4. The lowest BCUT2D eigenvalue weighted by atomic mass is 10.1. The van der Waals surface area contributed by atoms with Gasteiger partial charge in [-0.2, -0.15) is 0 Å². The highest BCUT2D eigenvalue weighted by Gasteiger charge is 2.08. The first kappa shape index (κ1) is 10.7. The molecule has 13 heavy (non-hydrogen) atoms. The lowest BCUT2D eigenvalue weighted by molar-refractivity contribution is 0.562. The van der Waals surface area contributed by atoms with Gasteiger partial charge in [0.2, 0.25) is 0 Å². The van der Waals surface area contributed by atoms with E-state index in [2.05, 4.69) is 0 Å². The monoisotopic (exact) mass is 218 g/mol. The van der Waals surface area contributed by atoms with Crippen LogP contribution in [0.5, 0.6) is 0 Å². The minimum absolute atomic E-state index is 0.121. The summed E-state index contributed by atoms with van der Waals surface area (Å²) in [6.45, 7) is 0. The van der Waals surface area contributed by atoms with Crippen molar-refractivity contribution in [1.29, 1.82) is 0 Å². The van der Waals surface area contributed by atoms with E-state index in [1.165, 1.54) is 0 Å². The topological polar surface area (TPSA) is 37.3 Å². The Hall–Kier alpha value is -0.380. The van der Waals surface area contributed by atoms with Crippen molar-refractivity contribution in [2.24, 2.45) is 0 Å². The molecule has 2 nitrogen and oxygen atoms in total. The number of rotatable bonds is 4. The van der Waals surface area contributed by atoms with Gasteiger partial charge >= 0.3 is 0 Å². The molecule has 1 aromatic carbocycles. The molecule has 0 amide bonds. The molecule has 0 aromatic heterocycles. The third-order valence-corrected chi connectivity index (χ3v) is 2.80. The van der Waals surface area contributed by atoms with E-state index in [-0.39, 0.29) is 11.1 Å². The second-order valence-electron chi connectivity index (χ2n) is 2.78. The number of hydrogen-bond donors (Lipinski definition) is 1. The fraction of sp³-hybridized carbons (Fsp3) is 0.333. The van der Waals surface area contributed by atoms with E-state index in [1.54, 1.807) is 0 Å². The van der Waals surface area contributed by atoms with Gasteiger partial charge in [0.25, 0.3) is 0 Å². The molecule has 1 rings (SSSR count). The number of benzene rings is 1. The molecule has 1 aromatic rings. The molecule has 4 heteroatoms. The van der Waals surface area contributed by atoms with Crippen LogP contribution in [-0.2, 0) is 17.5 Å². The number of alkyl halides is 1. The van der Waals surface area contributed by atoms with Gasteiger partial charge in [0.15, 0.2) is 11.1 Å². The molecular formula is C9H11ClO2S. The average Bonchev–Trinajstić information content (AvgIpc) is 2.04. The van der Waals surface area contributed by atoms with Crippen LogP contribution in [0, 0.1) is 0 Å². The second kappa shape index (κ2) is 5.37. The largest absolute Gasteiger partial charge is 0.306 e. The van der Waals surface area contributed by atoms with Crippen LogP contribution in [-0.4, -0.2) is 19.9 Å². The van der Waals surface area contributed by atoms with E-state index in [1.807, 2.05) is 30.3 Å². The molecule has 0 saturated carbocycles. The van der Waals surface area contributed by atoms with Crippen molar-refractivity contribution in [1.82, 2.24) is 0 Å². The van der Waals surface area contributed by atoms with E-state index in [0.29, 0.717) is 6.42 Å². The normalized spacial score (nSPS) is 15.2. The van der Waals surface area contributed by atoms with Crippen molar-refractivity contribution in [3.63, 3.8) is 0 Å². The zero-order valence-corrected chi connectivity index (χ0v) is 8.59. The van der Waals surface area contributed by atoms with Crippen LogP contribution < -0.4 is 0 Å². The first-order valence-electron chi connectivity index (χ1n) is 3.94. The molecule has 0 heterocycles. The van der Waals surface area contributed by atoms with Crippen molar-refractivity contribution >= 4 is 22.7 Å². The first-order chi connectivity index (χ1) is 6.18. The summed E-state index contributed by atoms with van der Waals surface area (Å²) >= 11 is 4.06. The standard InChI is InChI=1S/C9H11ClO2S/c10-9(7-13(11)12)6-8-4-2-1-3-5-8/h1-5,9H,6-7H2,(H,11,12). The molecule has 0 aliphatic carbocycles. The Kier molecular flexibility index (Phi) is 4.42. The molecule has 1 N–H and O–H groups in total. The van der Waals surface area contributed by atoms with Gasteiger partial charge in [-0.25, -0.2) is 4.21 Å². The molecule has 0 aliphatic rings. The van der Waals surface area contributed by atoms with Gasteiger partial charge in [-0.3, -0.25) is 0 Å². The third-order valence-electron chi connectivity index (χ3n) is 1.62. The van der Waals surface area contributed by atoms with E-state index < -0.39 is 11.1 Å². The lowest BCUT2D eigenvalue weighted by Gasteiger charge is -2.05. The van der Waals surface area contributed by atoms with Gasteiger partial charge in [-0.15, -0.1) is 11.6 Å². The first-order valence-corrected chi connectivity index (χ1v) is 5.65. The minimum atomic E-state index is -1.80. The highest BCUT2D eigenvalue weighted by molar-refractivity contribution is 7.79. The molecule has 0 radical (unpaired) electrons. The summed E-state index contributed by atoms with van der Waals surface area (Å²) < 4.78 is 19.0. The molecule has 72 valence electrons. The summed E-state index contributed by atoms with van der Waals surface area (Å²) in [5, 5.41) is -0.270. The molecule has 2 atom stereocenters. The SMILES string of the molecule is O=S(O)CC(Cl)Cc1ccccc1. The van der Waals surface area contributed by atoms with Gasteiger partial charge in [-0.05, 0) is 12.0 Å². The molecule has 0 spiro atoms. The summed E-state index contributed by atoms with van der Waals surface area (Å²) in [7, 11) is 0. The van der Waals surface area contributed by atoms with Crippen LogP contribution >= 0.6 is 11.6 Å². The zero-order valence-electron chi connectivity index (χ0n) is 7.02. The van der Waals surface area contributed by atoms with Crippen LogP contribution in [0.4, 0.5) is 0 Å². The Morgan fingerprint density at radius 1 is 1.38 bits per heavy atom. The second-order valence-corrected chi connectivity index (χ2v) is 4.37. The summed E-state index contributed by atoms with van der Waals surface area (Å²) in [5.41, 5.74) is 1.09. The van der Waals surface area contributed by atoms with Gasteiger partial charge in [0, 0.05) is 0 Å². The van der Waals surface area contributed by atoms with E-state index >= 15 is 0 Å². The van der Waals surface area contributed by atoms with Crippen molar-refractivity contribution in [2.45, 2.75) is 11.8 Å². The summed E-state index contributed by atoms with van der Waals surface area (Å²) in [6.07, 6.45) is 0.634. The van der Waals surface area contributed by atoms with Crippen LogP contribution in [0.15, 0.2) is 30.3 Å². The Morgan fingerprint density at radius 3 is 2.54 bits per heavy atom. The van der Waals surface area contributed by atoms with Crippen LogP contribution in [0.1, 0.15) is 5.56 Å². The Morgan fingerprint density at radius 2 is 2.00 bits per heavy atom. The van der Waals surface area contributed by atoms with Crippen molar-refractivity contribution in [2.75, 3.05) is 5.75 Å². The quantitative estimate of drug-likeness (QED) is 0.621. The number of hydrogen-bond acceptors (Lipinski definition) is 1. The molecular weight excluding hydrogens is 208 g/mol. The van der Waals surface area contributed by atoms with Crippen LogP contribution in [0.25, 0.3) is 0 Å². The van der Waals surface area contributed by atoms with Gasteiger partial charge in [0.05, 0.1) is 11.1 Å². The summed E-state index contributed by atoms with van der Waals surface area (Å²) in [5.74, 6) is 0.121. The molecule has 0 saturated heterocycles. The highest BCUT2D eigenvalue weighted by Crippen LogP contribution is 2.08. The zero-order chi connectivity index (χ0) is 9.68. The van der Waals surface area contributed by atoms with Crippen molar-refractivity contribution < 1.29 is 8.76 Å². The molecule has 0 bridgehead atoms. The summed E-state index contributed by atoms with van der Waals surface area (Å²) in [4.78, 5) is 0. The van der Waals surface area contributed by atoms with E-state index in [9.17, 15) is 4.21 Å². The maximum atomic E-state index is 10.4. The fourth-order valence-electron chi connectivity index (χ4n) is 1.08. The average molecular weight is 219 g/mol. The Bertz CT molecular complexity index is 276. The fourth-order valence-corrected chi connectivity index (χ4v) is 2.01. The van der Waals surface area contributed by atoms with Gasteiger partial charge in [0.1, 0.15) is 0 Å². The smallest absolute Gasteiger partial charge is 0.154 e. The Balaban J connectivity index is 2.45. The lowest BCUT2D eigenvalue weighted by Crippen LogP contribution is -2.12. The van der Waals surface area contributed by atoms with Crippen molar-refractivity contribution in [3.8, 4) is 0 Å². The maximum Gasteiger partial charge on any atom is 0.154 e. The number of halogens is 1. The molecule has 0 fully saturated rings. The van der Waals surface area contributed by atoms with Crippen LogP contribution in [0.3, 0.4) is 0 Å². The van der Waals surface area contributed by atoms with Crippen LogP contribution in [0.2, 0.25) is 0 Å². The predicted molar refractivity (Wildman–Crippen MR) is 55.4 cm³/mol. The molecule has 2 unspecified atom stereocenters. The van der Waals surface area contributed by atoms with Gasteiger partial charge < -0.3 is 4.55 Å².